The van der Waals surface area contributed by atoms with E-state index in [4.69, 9.17) is 11.6 Å². The van der Waals surface area contributed by atoms with Crippen molar-refractivity contribution in [1.29, 1.82) is 0 Å². The minimum atomic E-state index is -3.78. The van der Waals surface area contributed by atoms with Gasteiger partial charge >= 0.3 is 5.97 Å². The zero-order chi connectivity index (χ0) is 19.3. The Bertz CT molecular complexity index is 930. The van der Waals surface area contributed by atoms with Crippen LogP contribution >= 0.6 is 11.6 Å². The number of hydrogen-bond acceptors (Lipinski definition) is 5. The molecule has 0 saturated heterocycles. The highest BCUT2D eigenvalue weighted by Gasteiger charge is 2.22. The molecule has 0 aliphatic rings. The first-order chi connectivity index (χ1) is 12.2. The SMILES string of the molecule is COC(=O)c1cccc(N(CC(=O)Nc2ccccc2Cl)S(C)(=O)=O)c1. The van der Waals surface area contributed by atoms with Gasteiger partial charge in [0.05, 0.1) is 35.3 Å². The summed E-state index contributed by atoms with van der Waals surface area (Å²) in [5, 5.41) is 2.90. The molecule has 1 amide bonds. The number of methoxy groups -OCH3 is 1. The second-order valence-corrected chi connectivity index (χ2v) is 7.65. The number of nitrogens with zero attached hydrogens (tertiary/aromatic N) is 1. The molecule has 0 aliphatic carbocycles. The molecule has 138 valence electrons. The average molecular weight is 397 g/mol. The lowest BCUT2D eigenvalue weighted by atomic mass is 10.2. The van der Waals surface area contributed by atoms with Gasteiger partial charge in [-0.2, -0.15) is 0 Å². The number of ether oxygens (including phenoxy) is 1. The quantitative estimate of drug-likeness (QED) is 0.757. The van der Waals surface area contributed by atoms with Gasteiger partial charge in [0.25, 0.3) is 0 Å². The van der Waals surface area contributed by atoms with Crippen LogP contribution in [-0.2, 0) is 19.6 Å². The fourth-order valence-electron chi connectivity index (χ4n) is 2.19. The summed E-state index contributed by atoms with van der Waals surface area (Å²) in [6.07, 6.45) is 0.973. The van der Waals surface area contributed by atoms with Crippen LogP contribution in [0.5, 0.6) is 0 Å². The molecule has 0 unspecified atom stereocenters. The Hall–Kier alpha value is -2.58. The van der Waals surface area contributed by atoms with Crippen LogP contribution in [0.1, 0.15) is 10.4 Å². The first-order valence-corrected chi connectivity index (χ1v) is 9.65. The number of hydrogen-bond donors (Lipinski definition) is 1. The van der Waals surface area contributed by atoms with Gasteiger partial charge in [0, 0.05) is 0 Å². The molecule has 26 heavy (non-hydrogen) atoms. The van der Waals surface area contributed by atoms with E-state index < -0.39 is 28.4 Å². The Morgan fingerprint density at radius 2 is 1.85 bits per heavy atom. The van der Waals surface area contributed by atoms with Gasteiger partial charge in [0.15, 0.2) is 0 Å². The summed E-state index contributed by atoms with van der Waals surface area (Å²) in [6.45, 7) is -0.477. The zero-order valence-corrected chi connectivity index (χ0v) is 15.7. The van der Waals surface area contributed by atoms with E-state index in [1.807, 2.05) is 0 Å². The molecule has 0 saturated carbocycles. The second kappa shape index (κ2) is 8.20. The van der Waals surface area contributed by atoms with Crippen molar-refractivity contribution in [2.24, 2.45) is 0 Å². The lowest BCUT2D eigenvalue weighted by Gasteiger charge is -2.22. The summed E-state index contributed by atoms with van der Waals surface area (Å²) in [5.74, 6) is -1.19. The number of rotatable bonds is 6. The van der Waals surface area contributed by atoms with E-state index in [9.17, 15) is 18.0 Å². The van der Waals surface area contributed by atoms with Gasteiger partial charge < -0.3 is 10.1 Å². The molecule has 2 aromatic carbocycles. The Morgan fingerprint density at radius 3 is 2.46 bits per heavy atom. The molecule has 0 bridgehead atoms. The summed E-state index contributed by atoms with van der Waals surface area (Å²) in [4.78, 5) is 24.0. The smallest absolute Gasteiger partial charge is 0.337 e. The van der Waals surface area contributed by atoms with Crippen molar-refractivity contribution in [2.75, 3.05) is 29.5 Å². The first kappa shape index (κ1) is 19.7. The second-order valence-electron chi connectivity index (χ2n) is 5.34. The predicted octanol–water partition coefficient (Wildman–Crippen LogP) is 2.53. The maximum Gasteiger partial charge on any atom is 0.337 e. The molecule has 7 nitrogen and oxygen atoms in total. The largest absolute Gasteiger partial charge is 0.465 e. The van der Waals surface area contributed by atoms with Gasteiger partial charge in [-0.25, -0.2) is 13.2 Å². The van der Waals surface area contributed by atoms with E-state index in [1.165, 1.54) is 31.4 Å². The Morgan fingerprint density at radius 1 is 1.15 bits per heavy atom. The Labute approximate surface area is 156 Å². The molecular formula is C17H17ClN2O5S. The van der Waals surface area contributed by atoms with E-state index in [0.29, 0.717) is 10.7 Å². The van der Waals surface area contributed by atoms with Crippen LogP contribution in [0.25, 0.3) is 0 Å². The van der Waals surface area contributed by atoms with Crippen molar-refractivity contribution in [3.63, 3.8) is 0 Å². The number of carbonyl (C=O) groups is 2. The van der Waals surface area contributed by atoms with Gasteiger partial charge in [-0.1, -0.05) is 29.8 Å². The van der Waals surface area contributed by atoms with Gasteiger partial charge in [-0.05, 0) is 30.3 Å². The zero-order valence-electron chi connectivity index (χ0n) is 14.1. The molecule has 0 atom stereocenters. The van der Waals surface area contributed by atoms with Crippen molar-refractivity contribution in [2.45, 2.75) is 0 Å². The van der Waals surface area contributed by atoms with E-state index in [1.54, 1.807) is 24.3 Å². The highest BCUT2D eigenvalue weighted by molar-refractivity contribution is 7.92. The molecular weight excluding hydrogens is 380 g/mol. The van der Waals surface area contributed by atoms with Crippen molar-refractivity contribution in [1.82, 2.24) is 0 Å². The van der Waals surface area contributed by atoms with Crippen LogP contribution < -0.4 is 9.62 Å². The van der Waals surface area contributed by atoms with Crippen LogP contribution in [0.2, 0.25) is 5.02 Å². The number of sulfonamides is 1. The minimum absolute atomic E-state index is 0.171. The normalized spacial score (nSPS) is 10.9. The molecule has 2 aromatic rings. The number of anilines is 2. The number of halogens is 1. The fourth-order valence-corrected chi connectivity index (χ4v) is 3.22. The predicted molar refractivity (Wildman–Crippen MR) is 100 cm³/mol. The van der Waals surface area contributed by atoms with Gasteiger partial charge in [0.2, 0.25) is 15.9 Å². The van der Waals surface area contributed by atoms with Crippen molar-refractivity contribution in [3.05, 3.63) is 59.1 Å². The lowest BCUT2D eigenvalue weighted by molar-refractivity contribution is -0.114. The van der Waals surface area contributed by atoms with Crippen molar-refractivity contribution >= 4 is 44.9 Å². The molecule has 0 heterocycles. The summed E-state index contributed by atoms with van der Waals surface area (Å²) in [5.41, 5.74) is 0.714. The summed E-state index contributed by atoms with van der Waals surface area (Å²) >= 11 is 5.99. The Kier molecular flexibility index (Phi) is 6.23. The van der Waals surface area contributed by atoms with Crippen LogP contribution in [0.4, 0.5) is 11.4 Å². The monoisotopic (exact) mass is 396 g/mol. The first-order valence-electron chi connectivity index (χ1n) is 7.43. The fraction of sp³-hybridized carbons (Fsp3) is 0.176. The van der Waals surface area contributed by atoms with E-state index >= 15 is 0 Å². The molecule has 2 rings (SSSR count). The third-order valence-corrected chi connectivity index (χ3v) is 4.86. The highest BCUT2D eigenvalue weighted by atomic mass is 35.5. The third kappa shape index (κ3) is 4.96. The summed E-state index contributed by atoms with van der Waals surface area (Å²) in [7, 11) is -2.55. The lowest BCUT2D eigenvalue weighted by Crippen LogP contribution is -2.37. The van der Waals surface area contributed by atoms with Gasteiger partial charge in [-0.3, -0.25) is 9.10 Å². The maximum absolute atomic E-state index is 12.3. The highest BCUT2D eigenvalue weighted by Crippen LogP contribution is 2.22. The van der Waals surface area contributed by atoms with Crippen LogP contribution in [-0.4, -0.2) is 40.2 Å². The summed E-state index contributed by atoms with van der Waals surface area (Å²) < 4.78 is 29.8. The molecule has 9 heteroatoms. The third-order valence-electron chi connectivity index (χ3n) is 3.39. The number of carbonyl (C=O) groups excluding carboxylic acids is 2. The number of benzene rings is 2. The van der Waals surface area contributed by atoms with Crippen LogP contribution in [0, 0.1) is 0 Å². The summed E-state index contributed by atoms with van der Waals surface area (Å²) in [6, 6.07) is 12.4. The Balaban J connectivity index is 2.28. The minimum Gasteiger partial charge on any atom is -0.465 e. The van der Waals surface area contributed by atoms with E-state index in [0.717, 1.165) is 10.6 Å². The van der Waals surface area contributed by atoms with Gasteiger partial charge in [-0.15, -0.1) is 0 Å². The van der Waals surface area contributed by atoms with Crippen molar-refractivity contribution < 1.29 is 22.7 Å². The van der Waals surface area contributed by atoms with Crippen molar-refractivity contribution in [3.8, 4) is 0 Å². The molecule has 1 N–H and O–H groups in total. The molecule has 0 radical (unpaired) electrons. The molecule has 0 aromatic heterocycles. The maximum atomic E-state index is 12.3. The standard InChI is InChI=1S/C17H17ClN2O5S/c1-25-17(22)12-6-5-7-13(10-12)20(26(2,23)24)11-16(21)19-15-9-4-3-8-14(15)18/h3-10H,11H2,1-2H3,(H,19,21). The number of amides is 1. The van der Waals surface area contributed by atoms with Gasteiger partial charge in [0.1, 0.15) is 6.54 Å². The number of para-hydroxylation sites is 1. The van der Waals surface area contributed by atoms with E-state index in [-0.39, 0.29) is 11.3 Å². The average Bonchev–Trinajstić information content (AvgIpc) is 2.60. The molecule has 0 fully saturated rings. The van der Waals surface area contributed by atoms with Crippen LogP contribution in [0.3, 0.4) is 0 Å². The van der Waals surface area contributed by atoms with E-state index in [2.05, 4.69) is 10.1 Å². The number of nitrogens with one attached hydrogen (secondary N) is 1. The molecule has 0 aliphatic heterocycles. The van der Waals surface area contributed by atoms with Crippen LogP contribution in [0.15, 0.2) is 48.5 Å². The topological polar surface area (TPSA) is 92.8 Å². The molecule has 0 spiro atoms. The number of esters is 1.